The standard InChI is InChI=1S/C11H15NO3/c13-8-4-10(14)9(11(15)5-8)3-7-1-2-12-6-7/h4-5,7,12-15H,1-3,6H2. The molecule has 0 spiro atoms. The molecule has 4 nitrogen and oxygen atoms in total. The zero-order valence-electron chi connectivity index (χ0n) is 8.40. The van der Waals surface area contributed by atoms with Crippen LogP contribution in [0.5, 0.6) is 17.2 Å². The molecule has 82 valence electrons. The van der Waals surface area contributed by atoms with Crippen molar-refractivity contribution in [1.29, 1.82) is 0 Å². The van der Waals surface area contributed by atoms with Crippen molar-refractivity contribution in [1.82, 2.24) is 5.32 Å². The van der Waals surface area contributed by atoms with E-state index in [-0.39, 0.29) is 17.2 Å². The summed E-state index contributed by atoms with van der Waals surface area (Å²) in [5, 5.41) is 31.6. The summed E-state index contributed by atoms with van der Waals surface area (Å²) in [6, 6.07) is 2.52. The predicted octanol–water partition coefficient (Wildman–Crippen LogP) is 0.955. The van der Waals surface area contributed by atoms with Gasteiger partial charge in [-0.05, 0) is 31.8 Å². The lowest BCUT2D eigenvalue weighted by atomic mass is 9.97. The van der Waals surface area contributed by atoms with Crippen LogP contribution in [0.15, 0.2) is 12.1 Å². The van der Waals surface area contributed by atoms with Gasteiger partial charge in [-0.25, -0.2) is 0 Å². The quantitative estimate of drug-likeness (QED) is 0.585. The lowest BCUT2D eigenvalue weighted by Gasteiger charge is -2.11. The molecule has 15 heavy (non-hydrogen) atoms. The third-order valence-electron chi connectivity index (χ3n) is 2.84. The van der Waals surface area contributed by atoms with Crippen LogP contribution in [0.3, 0.4) is 0 Å². The monoisotopic (exact) mass is 209 g/mol. The van der Waals surface area contributed by atoms with Gasteiger partial charge in [-0.2, -0.15) is 0 Å². The first kappa shape index (κ1) is 10.1. The fourth-order valence-corrected chi connectivity index (χ4v) is 2.01. The third kappa shape index (κ3) is 2.15. The maximum Gasteiger partial charge on any atom is 0.126 e. The van der Waals surface area contributed by atoms with Gasteiger partial charge in [-0.1, -0.05) is 0 Å². The van der Waals surface area contributed by atoms with Crippen molar-refractivity contribution in [3.8, 4) is 17.2 Å². The Bertz CT molecular complexity index is 336. The zero-order chi connectivity index (χ0) is 10.8. The topological polar surface area (TPSA) is 72.7 Å². The minimum absolute atomic E-state index is 0.0283. The molecule has 1 unspecified atom stereocenters. The fourth-order valence-electron chi connectivity index (χ4n) is 2.01. The Morgan fingerprint density at radius 3 is 2.40 bits per heavy atom. The van der Waals surface area contributed by atoms with Gasteiger partial charge in [0.25, 0.3) is 0 Å². The molecule has 1 heterocycles. The number of rotatable bonds is 2. The van der Waals surface area contributed by atoms with E-state index in [2.05, 4.69) is 5.32 Å². The molecule has 0 aromatic heterocycles. The average Bonchev–Trinajstić information content (AvgIpc) is 2.63. The van der Waals surface area contributed by atoms with Crippen LogP contribution in [0.25, 0.3) is 0 Å². The summed E-state index contributed by atoms with van der Waals surface area (Å²) in [5.74, 6) is 0.281. The summed E-state index contributed by atoms with van der Waals surface area (Å²) in [5.41, 5.74) is 0.529. The summed E-state index contributed by atoms with van der Waals surface area (Å²) in [6.45, 7) is 1.91. The molecule has 0 amide bonds. The smallest absolute Gasteiger partial charge is 0.126 e. The average molecular weight is 209 g/mol. The number of hydrogen-bond donors (Lipinski definition) is 4. The summed E-state index contributed by atoms with van der Waals surface area (Å²) in [4.78, 5) is 0. The Kier molecular flexibility index (Phi) is 2.68. The Labute approximate surface area is 88.2 Å². The first-order valence-corrected chi connectivity index (χ1v) is 5.11. The van der Waals surface area contributed by atoms with Crippen molar-refractivity contribution < 1.29 is 15.3 Å². The molecule has 4 heteroatoms. The van der Waals surface area contributed by atoms with Crippen LogP contribution in [-0.4, -0.2) is 28.4 Å². The van der Waals surface area contributed by atoms with E-state index in [1.165, 1.54) is 12.1 Å². The Morgan fingerprint density at radius 1 is 1.20 bits per heavy atom. The summed E-state index contributed by atoms with van der Waals surface area (Å²) in [7, 11) is 0. The Morgan fingerprint density at radius 2 is 1.87 bits per heavy atom. The molecule has 2 rings (SSSR count). The van der Waals surface area contributed by atoms with Crippen LogP contribution in [0.2, 0.25) is 0 Å². The highest BCUT2D eigenvalue weighted by Gasteiger charge is 2.19. The number of hydrogen-bond acceptors (Lipinski definition) is 4. The van der Waals surface area contributed by atoms with Crippen LogP contribution in [0, 0.1) is 5.92 Å². The number of phenolic OH excluding ortho intramolecular Hbond substituents is 3. The van der Waals surface area contributed by atoms with Gasteiger partial charge >= 0.3 is 0 Å². The van der Waals surface area contributed by atoms with Gasteiger partial charge in [-0.3, -0.25) is 0 Å². The number of phenols is 3. The molecule has 1 fully saturated rings. The first-order valence-electron chi connectivity index (χ1n) is 5.11. The molecule has 0 radical (unpaired) electrons. The van der Waals surface area contributed by atoms with Crippen molar-refractivity contribution >= 4 is 0 Å². The second-order valence-electron chi connectivity index (χ2n) is 4.03. The lowest BCUT2D eigenvalue weighted by Crippen LogP contribution is -2.10. The Hall–Kier alpha value is -1.42. The van der Waals surface area contributed by atoms with E-state index >= 15 is 0 Å². The van der Waals surface area contributed by atoms with E-state index in [0.717, 1.165) is 19.5 Å². The van der Waals surface area contributed by atoms with Crippen molar-refractivity contribution in [2.75, 3.05) is 13.1 Å². The van der Waals surface area contributed by atoms with Gasteiger partial charge in [0.1, 0.15) is 17.2 Å². The SMILES string of the molecule is Oc1cc(O)c(CC2CCNC2)c(O)c1. The van der Waals surface area contributed by atoms with Crippen molar-refractivity contribution in [2.24, 2.45) is 5.92 Å². The molecular formula is C11H15NO3. The maximum absolute atomic E-state index is 9.59. The predicted molar refractivity (Wildman–Crippen MR) is 56.1 cm³/mol. The van der Waals surface area contributed by atoms with Crippen LogP contribution < -0.4 is 5.32 Å². The summed E-state index contributed by atoms with van der Waals surface area (Å²) in [6.07, 6.45) is 1.70. The largest absolute Gasteiger partial charge is 0.508 e. The molecule has 1 aliphatic rings. The van der Waals surface area contributed by atoms with Gasteiger partial charge in [-0.15, -0.1) is 0 Å². The van der Waals surface area contributed by atoms with Crippen LogP contribution >= 0.6 is 0 Å². The van der Waals surface area contributed by atoms with Crippen molar-refractivity contribution in [2.45, 2.75) is 12.8 Å². The minimum atomic E-state index is -0.113. The number of benzene rings is 1. The highest BCUT2D eigenvalue weighted by molar-refractivity contribution is 5.48. The Balaban J connectivity index is 2.19. The fraction of sp³-hybridized carbons (Fsp3) is 0.455. The maximum atomic E-state index is 9.59. The van der Waals surface area contributed by atoms with Gasteiger partial charge in [0.05, 0.1) is 0 Å². The van der Waals surface area contributed by atoms with Gasteiger partial charge in [0.15, 0.2) is 0 Å². The van der Waals surface area contributed by atoms with Gasteiger partial charge in [0.2, 0.25) is 0 Å². The first-order chi connectivity index (χ1) is 7.16. The molecule has 1 atom stereocenters. The molecule has 1 saturated heterocycles. The zero-order valence-corrected chi connectivity index (χ0v) is 8.40. The molecule has 4 N–H and O–H groups in total. The lowest BCUT2D eigenvalue weighted by molar-refractivity contribution is 0.411. The van der Waals surface area contributed by atoms with Crippen LogP contribution in [-0.2, 0) is 6.42 Å². The number of nitrogens with one attached hydrogen (secondary N) is 1. The van der Waals surface area contributed by atoms with Crippen LogP contribution in [0.1, 0.15) is 12.0 Å². The molecule has 0 bridgehead atoms. The van der Waals surface area contributed by atoms with E-state index in [0.29, 0.717) is 17.9 Å². The van der Waals surface area contributed by atoms with Gasteiger partial charge in [0, 0.05) is 17.7 Å². The third-order valence-corrected chi connectivity index (χ3v) is 2.84. The van der Waals surface area contributed by atoms with Gasteiger partial charge < -0.3 is 20.6 Å². The highest BCUT2D eigenvalue weighted by atomic mass is 16.3. The van der Waals surface area contributed by atoms with Crippen molar-refractivity contribution in [3.05, 3.63) is 17.7 Å². The van der Waals surface area contributed by atoms with Crippen LogP contribution in [0.4, 0.5) is 0 Å². The summed E-state index contributed by atoms with van der Waals surface area (Å²) >= 11 is 0. The summed E-state index contributed by atoms with van der Waals surface area (Å²) < 4.78 is 0. The molecule has 0 saturated carbocycles. The van der Waals surface area contributed by atoms with E-state index in [1.807, 2.05) is 0 Å². The van der Waals surface area contributed by atoms with E-state index in [1.54, 1.807) is 0 Å². The molecule has 1 aromatic rings. The van der Waals surface area contributed by atoms with E-state index < -0.39 is 0 Å². The molecule has 1 aromatic carbocycles. The highest BCUT2D eigenvalue weighted by Crippen LogP contribution is 2.34. The normalized spacial score (nSPS) is 20.7. The van der Waals surface area contributed by atoms with Crippen molar-refractivity contribution in [3.63, 3.8) is 0 Å². The number of aromatic hydroxyl groups is 3. The second kappa shape index (κ2) is 3.98. The minimum Gasteiger partial charge on any atom is -0.508 e. The molecule has 0 aliphatic carbocycles. The molecule has 1 aliphatic heterocycles. The van der Waals surface area contributed by atoms with E-state index in [4.69, 9.17) is 5.11 Å². The second-order valence-corrected chi connectivity index (χ2v) is 4.03. The molecular weight excluding hydrogens is 194 g/mol. The van der Waals surface area contributed by atoms with E-state index in [9.17, 15) is 10.2 Å².